The van der Waals surface area contributed by atoms with Crippen molar-refractivity contribution >= 4 is 17.5 Å². The molecule has 2 aromatic carbocycles. The van der Waals surface area contributed by atoms with Gasteiger partial charge < -0.3 is 20.3 Å². The Hall–Kier alpha value is -2.86. The van der Waals surface area contributed by atoms with E-state index in [1.54, 1.807) is 24.3 Å². The summed E-state index contributed by atoms with van der Waals surface area (Å²) in [6, 6.07) is 14.8. The second-order valence-corrected chi connectivity index (χ2v) is 7.51. The monoisotopic (exact) mass is 409 g/mol. The van der Waals surface area contributed by atoms with Crippen LogP contribution in [-0.4, -0.2) is 43.0 Å². The predicted molar refractivity (Wildman–Crippen MR) is 119 cm³/mol. The Balaban J connectivity index is 1.51. The third kappa shape index (κ3) is 6.32. The first kappa shape index (κ1) is 21.8. The van der Waals surface area contributed by atoms with Crippen LogP contribution >= 0.6 is 0 Å². The Morgan fingerprint density at radius 2 is 1.73 bits per heavy atom. The van der Waals surface area contributed by atoms with E-state index in [2.05, 4.69) is 29.4 Å². The smallest absolute Gasteiger partial charge is 0.251 e. The predicted octanol–water partition coefficient (Wildman–Crippen LogP) is 3.69. The van der Waals surface area contributed by atoms with Crippen molar-refractivity contribution in [2.24, 2.45) is 5.92 Å². The van der Waals surface area contributed by atoms with Crippen LogP contribution in [0.3, 0.4) is 0 Å². The lowest BCUT2D eigenvalue weighted by Gasteiger charge is -2.19. The van der Waals surface area contributed by atoms with Crippen molar-refractivity contribution in [3.05, 3.63) is 59.7 Å². The van der Waals surface area contributed by atoms with Gasteiger partial charge in [-0.2, -0.15) is 0 Å². The molecule has 0 bridgehead atoms. The molecule has 1 aliphatic carbocycles. The third-order valence-corrected chi connectivity index (χ3v) is 5.33. The molecule has 2 N–H and O–H groups in total. The summed E-state index contributed by atoms with van der Waals surface area (Å²) in [6.45, 7) is 8.15. The van der Waals surface area contributed by atoms with E-state index in [1.165, 1.54) is 0 Å². The Labute approximate surface area is 178 Å². The molecule has 0 heterocycles. The first-order chi connectivity index (χ1) is 14.6. The maximum Gasteiger partial charge on any atom is 0.251 e. The van der Waals surface area contributed by atoms with Crippen LogP contribution in [0.1, 0.15) is 42.6 Å². The molecule has 1 aliphatic rings. The molecule has 0 aliphatic heterocycles. The van der Waals surface area contributed by atoms with Crippen LogP contribution < -0.4 is 15.4 Å². The number of benzene rings is 2. The summed E-state index contributed by atoms with van der Waals surface area (Å²) < 4.78 is 5.95. The van der Waals surface area contributed by atoms with E-state index in [0.29, 0.717) is 18.7 Å². The van der Waals surface area contributed by atoms with Crippen LogP contribution in [0.4, 0.5) is 5.69 Å². The van der Waals surface area contributed by atoms with Gasteiger partial charge in [0.15, 0.2) is 0 Å². The molecular weight excluding hydrogens is 378 g/mol. The number of amides is 2. The van der Waals surface area contributed by atoms with Gasteiger partial charge in [-0.15, -0.1) is 0 Å². The molecule has 0 aromatic heterocycles. The van der Waals surface area contributed by atoms with Crippen molar-refractivity contribution in [1.82, 2.24) is 10.2 Å². The van der Waals surface area contributed by atoms with Crippen LogP contribution in [0.15, 0.2) is 48.5 Å². The van der Waals surface area contributed by atoms with E-state index in [0.717, 1.165) is 49.5 Å². The molecule has 6 nitrogen and oxygen atoms in total. The number of anilines is 1. The van der Waals surface area contributed by atoms with Gasteiger partial charge in [-0.1, -0.05) is 32.0 Å². The second kappa shape index (κ2) is 10.8. The molecule has 3 rings (SSSR count). The summed E-state index contributed by atoms with van der Waals surface area (Å²) in [7, 11) is 0. The molecule has 1 fully saturated rings. The molecule has 160 valence electrons. The van der Waals surface area contributed by atoms with Gasteiger partial charge in [0.2, 0.25) is 5.91 Å². The summed E-state index contributed by atoms with van der Waals surface area (Å²) >= 11 is 0. The van der Waals surface area contributed by atoms with Crippen molar-refractivity contribution < 1.29 is 14.3 Å². The van der Waals surface area contributed by atoms with Gasteiger partial charge in [0.25, 0.3) is 5.91 Å². The molecule has 6 heteroatoms. The highest BCUT2D eigenvalue weighted by Crippen LogP contribution is 2.30. The lowest BCUT2D eigenvalue weighted by molar-refractivity contribution is -0.117. The molecule has 0 radical (unpaired) electrons. The Morgan fingerprint density at radius 1 is 1.03 bits per heavy atom. The fourth-order valence-electron chi connectivity index (χ4n) is 3.19. The summed E-state index contributed by atoms with van der Waals surface area (Å²) in [5.41, 5.74) is 2.22. The Kier molecular flexibility index (Phi) is 7.85. The van der Waals surface area contributed by atoms with E-state index in [1.807, 2.05) is 24.3 Å². The van der Waals surface area contributed by atoms with E-state index in [9.17, 15) is 9.59 Å². The summed E-state index contributed by atoms with van der Waals surface area (Å²) in [6.07, 6.45) is 1.93. The minimum Gasteiger partial charge on any atom is -0.492 e. The Bertz CT molecular complexity index is 843. The minimum atomic E-state index is -0.159. The molecule has 30 heavy (non-hydrogen) atoms. The first-order valence-electron chi connectivity index (χ1n) is 10.7. The number of likely N-dealkylation sites (N-methyl/N-ethyl adjacent to an activating group) is 1. The third-order valence-electron chi connectivity index (χ3n) is 5.33. The molecule has 2 aromatic rings. The zero-order chi connectivity index (χ0) is 21.3. The molecule has 0 unspecified atom stereocenters. The largest absolute Gasteiger partial charge is 0.492 e. The van der Waals surface area contributed by atoms with Gasteiger partial charge in [-0.05, 0) is 56.3 Å². The van der Waals surface area contributed by atoms with Crippen molar-refractivity contribution in [2.75, 3.05) is 31.6 Å². The lowest BCUT2D eigenvalue weighted by Crippen LogP contribution is -2.28. The van der Waals surface area contributed by atoms with E-state index < -0.39 is 0 Å². The quantitative estimate of drug-likeness (QED) is 0.594. The number of hydrogen-bond acceptors (Lipinski definition) is 4. The van der Waals surface area contributed by atoms with Crippen LogP contribution in [0.25, 0.3) is 0 Å². The van der Waals surface area contributed by atoms with Crippen LogP contribution in [0.2, 0.25) is 0 Å². The fourth-order valence-corrected chi connectivity index (χ4v) is 3.19. The van der Waals surface area contributed by atoms with Crippen LogP contribution in [-0.2, 0) is 11.3 Å². The van der Waals surface area contributed by atoms with Crippen molar-refractivity contribution in [3.63, 3.8) is 0 Å². The van der Waals surface area contributed by atoms with E-state index in [4.69, 9.17) is 4.74 Å². The number of para-hydroxylation sites is 1. The van der Waals surface area contributed by atoms with Crippen molar-refractivity contribution in [1.29, 1.82) is 0 Å². The average Bonchev–Trinajstić information content (AvgIpc) is 3.62. The van der Waals surface area contributed by atoms with Crippen molar-refractivity contribution in [2.45, 2.75) is 33.2 Å². The zero-order valence-corrected chi connectivity index (χ0v) is 17.8. The van der Waals surface area contributed by atoms with E-state index in [-0.39, 0.29) is 17.7 Å². The number of carbonyl (C=O) groups excluding carboxylic acids is 2. The van der Waals surface area contributed by atoms with Gasteiger partial charge in [0.05, 0.1) is 0 Å². The number of hydrogen-bond donors (Lipinski definition) is 2. The topological polar surface area (TPSA) is 70.7 Å². The molecule has 0 spiro atoms. The molecule has 0 atom stereocenters. The van der Waals surface area contributed by atoms with Gasteiger partial charge in [-0.3, -0.25) is 9.59 Å². The van der Waals surface area contributed by atoms with E-state index >= 15 is 0 Å². The second-order valence-electron chi connectivity index (χ2n) is 7.51. The van der Waals surface area contributed by atoms with Crippen LogP contribution in [0.5, 0.6) is 5.75 Å². The molecular formula is C24H31N3O3. The number of rotatable bonds is 11. The molecule has 1 saturated carbocycles. The van der Waals surface area contributed by atoms with Gasteiger partial charge in [0, 0.05) is 35.8 Å². The summed E-state index contributed by atoms with van der Waals surface area (Å²) in [4.78, 5) is 26.6. The highest BCUT2D eigenvalue weighted by molar-refractivity contribution is 5.96. The highest BCUT2D eigenvalue weighted by Gasteiger charge is 2.29. The van der Waals surface area contributed by atoms with Gasteiger partial charge in [-0.25, -0.2) is 0 Å². The summed E-state index contributed by atoms with van der Waals surface area (Å²) in [5.74, 6) is 0.850. The molecule has 2 amide bonds. The van der Waals surface area contributed by atoms with Gasteiger partial charge >= 0.3 is 0 Å². The minimum absolute atomic E-state index is 0.0600. The molecule has 0 saturated heterocycles. The maximum atomic E-state index is 12.5. The normalized spacial score (nSPS) is 13.2. The van der Waals surface area contributed by atoms with Crippen LogP contribution in [0, 0.1) is 5.92 Å². The van der Waals surface area contributed by atoms with Crippen molar-refractivity contribution in [3.8, 4) is 5.75 Å². The number of nitrogens with one attached hydrogen (secondary N) is 2. The standard InChI is InChI=1S/C24H31N3O3/c1-3-27(4-2)15-16-30-22-8-6-5-7-20(22)17-25-23(28)18-11-13-21(14-12-18)26-24(29)19-9-10-19/h5-8,11-14,19H,3-4,9-10,15-17H2,1-2H3,(H,25,28)(H,26,29). The summed E-state index contributed by atoms with van der Waals surface area (Å²) in [5, 5.41) is 5.83. The first-order valence-corrected chi connectivity index (χ1v) is 10.7. The maximum absolute atomic E-state index is 12.5. The number of ether oxygens (including phenoxy) is 1. The number of carbonyl (C=O) groups is 2. The highest BCUT2D eigenvalue weighted by atomic mass is 16.5. The lowest BCUT2D eigenvalue weighted by atomic mass is 10.1. The van der Waals surface area contributed by atoms with Gasteiger partial charge in [0.1, 0.15) is 12.4 Å². The average molecular weight is 410 g/mol. The SMILES string of the molecule is CCN(CC)CCOc1ccccc1CNC(=O)c1ccc(NC(=O)C2CC2)cc1. The Morgan fingerprint density at radius 3 is 2.40 bits per heavy atom. The zero-order valence-electron chi connectivity index (χ0n) is 17.8. The fraction of sp³-hybridized carbons (Fsp3) is 0.417. The number of nitrogens with zero attached hydrogens (tertiary/aromatic N) is 1.